The number of allylic oxidation sites excluding steroid dienone is 1. The molecular weight excluding hydrogens is 216 g/mol. The Labute approximate surface area is 93.8 Å². The molecule has 0 atom stereocenters. The van der Waals surface area contributed by atoms with E-state index in [1.165, 1.54) is 6.08 Å². The molecule has 6 heteroatoms. The van der Waals surface area contributed by atoms with Gasteiger partial charge in [-0.05, 0) is 6.92 Å². The molecule has 92 valence electrons. The lowest BCUT2D eigenvalue weighted by Gasteiger charge is -2.04. The predicted molar refractivity (Wildman–Crippen MR) is 54.8 cm³/mol. The first kappa shape index (κ1) is 14.6. The number of hydrogen-bond acceptors (Lipinski definition) is 5. The van der Waals surface area contributed by atoms with E-state index in [2.05, 4.69) is 0 Å². The Kier molecular flexibility index (Phi) is 9.24. The number of carbonyl (C=O) groups is 2. The molecule has 0 heterocycles. The van der Waals surface area contributed by atoms with Gasteiger partial charge in [0.1, 0.15) is 13.4 Å². The standard InChI is InChI=1S/C10H16O6/c1-2-3-10(13)16-7-6-15-8-14-5-4-9(11)12/h2-3H,4-8H2,1H3,(H,11,12)/b3-2-. The molecule has 0 aromatic carbocycles. The molecule has 0 aliphatic rings. The van der Waals surface area contributed by atoms with E-state index < -0.39 is 11.9 Å². The number of rotatable bonds is 9. The SMILES string of the molecule is C/C=C\C(=O)OCCOCOCCC(=O)O. The van der Waals surface area contributed by atoms with E-state index >= 15 is 0 Å². The van der Waals surface area contributed by atoms with E-state index in [4.69, 9.17) is 19.3 Å². The van der Waals surface area contributed by atoms with Crippen LogP contribution in [0, 0.1) is 0 Å². The highest BCUT2D eigenvalue weighted by atomic mass is 16.7. The van der Waals surface area contributed by atoms with E-state index in [0.29, 0.717) is 0 Å². The molecule has 6 nitrogen and oxygen atoms in total. The van der Waals surface area contributed by atoms with Crippen molar-refractivity contribution in [3.63, 3.8) is 0 Å². The van der Waals surface area contributed by atoms with Crippen molar-refractivity contribution in [3.05, 3.63) is 12.2 Å². The molecule has 0 amide bonds. The minimum Gasteiger partial charge on any atom is -0.481 e. The third kappa shape index (κ3) is 10.7. The molecular formula is C10H16O6. The van der Waals surface area contributed by atoms with Gasteiger partial charge in [0.15, 0.2) is 0 Å². The Morgan fingerprint density at radius 2 is 1.88 bits per heavy atom. The highest BCUT2D eigenvalue weighted by molar-refractivity contribution is 5.81. The summed E-state index contributed by atoms with van der Waals surface area (Å²) in [4.78, 5) is 20.9. The second-order valence-electron chi connectivity index (χ2n) is 2.75. The number of aliphatic carboxylic acids is 1. The Hall–Kier alpha value is -1.40. The molecule has 0 bridgehead atoms. The van der Waals surface area contributed by atoms with Crippen molar-refractivity contribution in [2.45, 2.75) is 13.3 Å². The van der Waals surface area contributed by atoms with E-state index in [-0.39, 0.29) is 33.0 Å². The summed E-state index contributed by atoms with van der Waals surface area (Å²) < 4.78 is 14.5. The van der Waals surface area contributed by atoms with Gasteiger partial charge >= 0.3 is 11.9 Å². The van der Waals surface area contributed by atoms with Crippen molar-refractivity contribution in [1.29, 1.82) is 0 Å². The summed E-state index contributed by atoms with van der Waals surface area (Å²) in [5.41, 5.74) is 0. The smallest absolute Gasteiger partial charge is 0.330 e. The van der Waals surface area contributed by atoms with Crippen molar-refractivity contribution in [1.82, 2.24) is 0 Å². The average Bonchev–Trinajstić information content (AvgIpc) is 2.22. The lowest BCUT2D eigenvalue weighted by Crippen LogP contribution is -2.11. The Bertz CT molecular complexity index is 235. The van der Waals surface area contributed by atoms with Gasteiger partial charge in [-0.1, -0.05) is 6.08 Å². The maximum atomic E-state index is 10.8. The summed E-state index contributed by atoms with van der Waals surface area (Å²) in [6.07, 6.45) is 2.83. The Morgan fingerprint density at radius 3 is 2.50 bits per heavy atom. The van der Waals surface area contributed by atoms with Crippen LogP contribution in [0.4, 0.5) is 0 Å². The summed E-state index contributed by atoms with van der Waals surface area (Å²) >= 11 is 0. The molecule has 0 saturated heterocycles. The van der Waals surface area contributed by atoms with E-state index in [9.17, 15) is 9.59 Å². The zero-order valence-electron chi connectivity index (χ0n) is 9.18. The molecule has 0 aromatic rings. The minimum absolute atomic E-state index is 0.00551. The Balaban J connectivity index is 3.15. The highest BCUT2D eigenvalue weighted by Gasteiger charge is 1.97. The van der Waals surface area contributed by atoms with Crippen LogP contribution < -0.4 is 0 Å². The third-order valence-electron chi connectivity index (χ3n) is 1.40. The van der Waals surface area contributed by atoms with Gasteiger partial charge in [-0.15, -0.1) is 0 Å². The van der Waals surface area contributed by atoms with Gasteiger partial charge in [0.2, 0.25) is 0 Å². The minimum atomic E-state index is -0.916. The topological polar surface area (TPSA) is 82.1 Å². The van der Waals surface area contributed by atoms with Crippen molar-refractivity contribution in [2.75, 3.05) is 26.6 Å². The fourth-order valence-corrected chi connectivity index (χ4v) is 0.722. The second kappa shape index (κ2) is 10.1. The highest BCUT2D eigenvalue weighted by Crippen LogP contribution is 1.86. The normalized spacial score (nSPS) is 10.6. The maximum Gasteiger partial charge on any atom is 0.330 e. The van der Waals surface area contributed by atoms with Crippen molar-refractivity contribution >= 4 is 11.9 Å². The van der Waals surface area contributed by atoms with Gasteiger partial charge in [0.25, 0.3) is 0 Å². The van der Waals surface area contributed by atoms with Crippen LogP contribution in [0.3, 0.4) is 0 Å². The summed E-state index contributed by atoms with van der Waals surface area (Å²) in [5, 5.41) is 8.28. The number of carboxylic acid groups (broad SMARTS) is 1. The van der Waals surface area contributed by atoms with Gasteiger partial charge in [-0.2, -0.15) is 0 Å². The fourth-order valence-electron chi connectivity index (χ4n) is 0.722. The summed E-state index contributed by atoms with van der Waals surface area (Å²) in [7, 11) is 0. The summed E-state index contributed by atoms with van der Waals surface area (Å²) in [5.74, 6) is -1.34. The monoisotopic (exact) mass is 232 g/mol. The first-order chi connectivity index (χ1) is 7.66. The molecule has 0 aliphatic carbocycles. The van der Waals surface area contributed by atoms with Crippen LogP contribution in [0.2, 0.25) is 0 Å². The van der Waals surface area contributed by atoms with Crippen molar-refractivity contribution in [3.8, 4) is 0 Å². The van der Waals surface area contributed by atoms with E-state index in [1.54, 1.807) is 13.0 Å². The average molecular weight is 232 g/mol. The summed E-state index contributed by atoms with van der Waals surface area (Å²) in [6.45, 7) is 2.18. The van der Waals surface area contributed by atoms with Crippen molar-refractivity contribution < 1.29 is 28.9 Å². The number of carbonyl (C=O) groups excluding carboxylic acids is 1. The molecule has 0 radical (unpaired) electrons. The maximum absolute atomic E-state index is 10.8. The van der Waals surface area contributed by atoms with Crippen LogP contribution in [0.1, 0.15) is 13.3 Å². The predicted octanol–water partition coefficient (Wildman–Crippen LogP) is 0.571. The molecule has 0 saturated carbocycles. The molecule has 1 N–H and O–H groups in total. The Morgan fingerprint density at radius 1 is 1.19 bits per heavy atom. The van der Waals surface area contributed by atoms with Crippen LogP contribution in [0.25, 0.3) is 0 Å². The zero-order valence-corrected chi connectivity index (χ0v) is 9.18. The lowest BCUT2D eigenvalue weighted by atomic mass is 10.5. The molecule has 0 unspecified atom stereocenters. The molecule has 0 rings (SSSR count). The zero-order chi connectivity index (χ0) is 12.2. The van der Waals surface area contributed by atoms with Gasteiger partial charge < -0.3 is 19.3 Å². The van der Waals surface area contributed by atoms with Crippen LogP contribution in [-0.2, 0) is 23.8 Å². The van der Waals surface area contributed by atoms with Gasteiger partial charge in [0, 0.05) is 6.08 Å². The molecule has 16 heavy (non-hydrogen) atoms. The van der Waals surface area contributed by atoms with E-state index in [0.717, 1.165) is 0 Å². The van der Waals surface area contributed by atoms with Crippen LogP contribution in [0.5, 0.6) is 0 Å². The molecule has 0 aliphatic heterocycles. The van der Waals surface area contributed by atoms with Gasteiger partial charge in [-0.25, -0.2) is 4.79 Å². The number of esters is 1. The van der Waals surface area contributed by atoms with Gasteiger partial charge in [-0.3, -0.25) is 4.79 Å². The lowest BCUT2D eigenvalue weighted by molar-refractivity contribution is -0.144. The first-order valence-electron chi connectivity index (χ1n) is 4.83. The molecule has 0 spiro atoms. The number of ether oxygens (including phenoxy) is 3. The van der Waals surface area contributed by atoms with Crippen molar-refractivity contribution in [2.24, 2.45) is 0 Å². The van der Waals surface area contributed by atoms with E-state index in [1.807, 2.05) is 0 Å². The van der Waals surface area contributed by atoms with Gasteiger partial charge in [0.05, 0.1) is 19.6 Å². The number of carboxylic acids is 1. The quantitative estimate of drug-likeness (QED) is 0.271. The van der Waals surface area contributed by atoms with Crippen LogP contribution in [0.15, 0.2) is 12.2 Å². The first-order valence-corrected chi connectivity index (χ1v) is 4.83. The summed E-state index contributed by atoms with van der Waals surface area (Å²) in [6, 6.07) is 0. The molecule has 0 fully saturated rings. The third-order valence-corrected chi connectivity index (χ3v) is 1.40. The molecule has 0 aromatic heterocycles. The number of hydrogen-bond donors (Lipinski definition) is 1. The second-order valence-corrected chi connectivity index (χ2v) is 2.75. The largest absolute Gasteiger partial charge is 0.481 e. The fraction of sp³-hybridized carbons (Fsp3) is 0.600. The van der Waals surface area contributed by atoms with Crippen LogP contribution in [-0.4, -0.2) is 43.7 Å². The van der Waals surface area contributed by atoms with Crippen LogP contribution >= 0.6 is 0 Å².